The zero-order valence-electron chi connectivity index (χ0n) is 79.3. The number of H-pyrrole nitrogens is 4. The zero-order valence-corrected chi connectivity index (χ0v) is 79.3. The summed E-state index contributed by atoms with van der Waals surface area (Å²) < 4.78 is 62.0. The van der Waals surface area contributed by atoms with E-state index in [-0.39, 0.29) is 49.4 Å². The predicted molar refractivity (Wildman–Crippen MR) is 527 cm³/mol. The SMILES string of the molecule is CCOC(=O)/C(=C/c1cnccc1OC)N=[N+]=[N-].CCOC(=O)CN=[N+]=[N-].CCOC(=O)COc1ccnc2c1cc(C)n2Cc1ccccc1.CCOC(=O)c1cc2c(OC)ccnc2[nH]1.COc1ccnc2[nH]c(C)cc12.COc1ccnc2[nH]c(CO)cc12.COc1ccnc2c1cc(C)n2Cc1ccccc1.COc1ccncc1C=O.Cc1cc2c(=O)cc[nH]c2n1Cc1ccccc1. The first-order valence-electron chi connectivity index (χ1n) is 43.4. The molecular formula is C101H108N20O18. The number of aldehydes is 1. The van der Waals surface area contributed by atoms with E-state index in [4.69, 9.17) is 63.5 Å². The van der Waals surface area contributed by atoms with Crippen molar-refractivity contribution in [3.8, 4) is 40.2 Å². The highest BCUT2D eigenvalue weighted by Crippen LogP contribution is 2.32. The molecule has 0 saturated heterocycles. The van der Waals surface area contributed by atoms with Crippen LogP contribution in [0.5, 0.6) is 40.2 Å². The fraction of sp³-hybridized carbons (Fsp3) is 0.238. The van der Waals surface area contributed by atoms with Gasteiger partial charge < -0.3 is 90.8 Å². The van der Waals surface area contributed by atoms with Crippen LogP contribution in [0.4, 0.5) is 0 Å². The number of ether oxygens (including phenoxy) is 11. The van der Waals surface area contributed by atoms with Crippen molar-refractivity contribution < 1.29 is 81.2 Å². The Hall–Kier alpha value is -17.6. The molecule has 14 heterocycles. The minimum absolute atomic E-state index is 0.0144. The van der Waals surface area contributed by atoms with E-state index < -0.39 is 11.9 Å². The van der Waals surface area contributed by atoms with Crippen molar-refractivity contribution in [1.82, 2.24) is 68.5 Å². The predicted octanol–water partition coefficient (Wildman–Crippen LogP) is 18.2. The monoisotopic (exact) mass is 1890 g/mol. The molecule has 0 aliphatic heterocycles. The Morgan fingerprint density at radius 1 is 0.453 bits per heavy atom. The summed E-state index contributed by atoms with van der Waals surface area (Å²) in [5, 5.41) is 20.6. The number of pyridine rings is 8. The topological polar surface area (TPSA) is 490 Å². The number of aromatic nitrogens is 14. The van der Waals surface area contributed by atoms with Gasteiger partial charge in [0.15, 0.2) is 18.3 Å². The van der Waals surface area contributed by atoms with Gasteiger partial charge >= 0.3 is 23.9 Å². The molecule has 0 radical (unpaired) electrons. The highest BCUT2D eigenvalue weighted by atomic mass is 16.6. The van der Waals surface area contributed by atoms with Crippen LogP contribution in [-0.2, 0) is 59.6 Å². The number of aryl methyl sites for hydroxylation is 4. The van der Waals surface area contributed by atoms with Crippen molar-refractivity contribution >= 4 is 102 Å². The Bertz CT molecular complexity index is 7080. The van der Waals surface area contributed by atoms with Crippen molar-refractivity contribution in [2.45, 2.75) is 81.6 Å². The van der Waals surface area contributed by atoms with Gasteiger partial charge in [-0.3, -0.25) is 24.4 Å². The first-order valence-corrected chi connectivity index (χ1v) is 43.4. The van der Waals surface area contributed by atoms with E-state index in [0.717, 1.165) is 120 Å². The first-order chi connectivity index (χ1) is 67.6. The van der Waals surface area contributed by atoms with Gasteiger partial charge in [0.2, 0.25) is 0 Å². The van der Waals surface area contributed by atoms with Crippen LogP contribution in [0.15, 0.2) is 259 Å². The molecule has 38 nitrogen and oxygen atoms in total. The van der Waals surface area contributed by atoms with Crippen LogP contribution in [0.25, 0.3) is 93.2 Å². The van der Waals surface area contributed by atoms with E-state index in [0.29, 0.717) is 71.6 Å². The van der Waals surface area contributed by atoms with Crippen molar-refractivity contribution in [2.75, 3.05) is 82.2 Å². The molecule has 0 fully saturated rings. The van der Waals surface area contributed by atoms with E-state index in [2.05, 4.69) is 155 Å². The lowest BCUT2D eigenvalue weighted by atomic mass is 10.2. The average molecular weight is 1890 g/mol. The summed E-state index contributed by atoms with van der Waals surface area (Å²) in [6, 6.07) is 56.4. The molecule has 17 aromatic rings. The Labute approximate surface area is 799 Å². The quantitative estimate of drug-likeness (QED) is 0.00607. The Kier molecular flexibility index (Phi) is 41.7. The number of carbonyl (C=O) groups is 5. The molecule has 720 valence electrons. The van der Waals surface area contributed by atoms with Crippen LogP contribution in [0.2, 0.25) is 0 Å². The molecule has 17 rings (SSSR count). The minimum Gasteiger partial charge on any atom is -0.496 e. The van der Waals surface area contributed by atoms with E-state index in [1.54, 1.807) is 148 Å². The second-order valence-electron chi connectivity index (χ2n) is 29.2. The van der Waals surface area contributed by atoms with Gasteiger partial charge in [0, 0.05) is 132 Å². The molecule has 0 amide bonds. The number of nitrogens with zero attached hydrogens (tertiary/aromatic N) is 16. The van der Waals surface area contributed by atoms with Crippen LogP contribution in [0.1, 0.15) is 99.3 Å². The molecule has 0 aliphatic carbocycles. The molecule has 38 heteroatoms. The standard InChI is InChI=1S/C19H20N2O3.C16H16N2O.C15H14N2O.C11H12N4O3.C11H12N2O3.C9H10N2O2.C9H10N2O.C7H7NO2.C4H7N3O2/c1-3-23-18(22)13-24-17-9-10-20-19-16(17)11-14(2)21(19)12-15-7-5-4-6-8-15;1-12-10-14-15(19-2)8-9-17-16(14)18(12)11-13-6-4-3-5-7-13;1-11-9-13-14(18)7-8-16-15(13)17(11)10-12-5-3-2-4-6-12;1-3-18-11(16)9(14-15-12)6-8-7-13-5-4-10(8)17-2;1-3-16-11(14)8-6-7-9(15-2)4-5-12-10(7)13-8;1-13-8-2-3-10-9-7(8)4-6(5-12)11-9;1-6-5-7-8(12-2)3-4-10-9(7)11-6;1-10-7-2-3-8-4-6(7)5-9;1-2-9-4(8)3-6-7-5/h4-11H,3,12-13H2,1-2H3;3-10H,11H2,1-2H3;2-9H,10H2,1H3,(H,16,18);4-7H,3H2,1-2H3;4-6H,3H2,1-2H3,(H,12,13);2-4,12H,5H2,1H3,(H,10,11);3-5H,1-2H3,(H,10,11);2-5H,1H3;2-3H2,1H3/b;;;9-6-;;;;;. The number of esters is 4. The van der Waals surface area contributed by atoms with Gasteiger partial charge in [-0.1, -0.05) is 101 Å². The molecule has 0 atom stereocenters. The van der Waals surface area contributed by atoms with Gasteiger partial charge in [-0.15, -0.1) is 0 Å². The fourth-order valence-electron chi connectivity index (χ4n) is 13.7. The summed E-state index contributed by atoms with van der Waals surface area (Å²) >= 11 is 0. The summed E-state index contributed by atoms with van der Waals surface area (Å²) in [4.78, 5) is 113. The van der Waals surface area contributed by atoms with Crippen LogP contribution in [0, 0.1) is 27.7 Å². The van der Waals surface area contributed by atoms with Crippen LogP contribution in [-0.4, -0.2) is 186 Å². The third-order valence-electron chi connectivity index (χ3n) is 20.0. The number of aromatic amines is 4. The molecule has 139 heavy (non-hydrogen) atoms. The molecule has 0 bridgehead atoms. The number of aliphatic hydroxyl groups is 1. The molecule has 0 spiro atoms. The van der Waals surface area contributed by atoms with Crippen LogP contribution >= 0.6 is 0 Å². The number of methoxy groups -OCH3 is 6. The molecule has 0 unspecified atom stereocenters. The van der Waals surface area contributed by atoms with Crippen LogP contribution < -0.4 is 38.6 Å². The van der Waals surface area contributed by atoms with Crippen molar-refractivity contribution in [2.24, 2.45) is 10.2 Å². The van der Waals surface area contributed by atoms with Gasteiger partial charge in [0.25, 0.3) is 0 Å². The Morgan fingerprint density at radius 3 is 1.37 bits per heavy atom. The summed E-state index contributed by atoms with van der Waals surface area (Å²) in [7, 11) is 9.55. The lowest BCUT2D eigenvalue weighted by Crippen LogP contribution is -2.14. The van der Waals surface area contributed by atoms with E-state index in [9.17, 15) is 28.8 Å². The number of fused-ring (bicyclic) bond motifs is 6. The number of carbonyl (C=O) groups excluding carboxylic acids is 5. The highest BCUT2D eigenvalue weighted by Gasteiger charge is 2.19. The smallest absolute Gasteiger partial charge is 0.354 e. The van der Waals surface area contributed by atoms with Crippen LogP contribution in [0.3, 0.4) is 0 Å². The summed E-state index contributed by atoms with van der Waals surface area (Å²) in [5.41, 5.74) is 31.3. The van der Waals surface area contributed by atoms with Crippen molar-refractivity contribution in [3.63, 3.8) is 0 Å². The lowest BCUT2D eigenvalue weighted by Gasteiger charge is -2.09. The molecule has 0 saturated carbocycles. The van der Waals surface area contributed by atoms with Gasteiger partial charge in [-0.05, 0) is 168 Å². The number of benzene rings is 3. The molecule has 5 N–H and O–H groups in total. The second-order valence-corrected chi connectivity index (χ2v) is 29.2. The summed E-state index contributed by atoms with van der Waals surface area (Å²) in [5.74, 6) is 2.96. The Morgan fingerprint density at radius 2 is 0.885 bits per heavy atom. The van der Waals surface area contributed by atoms with Gasteiger partial charge in [-0.25, -0.2) is 39.3 Å². The molecule has 14 aromatic heterocycles. The van der Waals surface area contributed by atoms with Gasteiger partial charge in [-0.2, -0.15) is 0 Å². The number of nitrogens with one attached hydrogen (secondary N) is 4. The molecule has 3 aromatic carbocycles. The minimum atomic E-state index is -0.693. The highest BCUT2D eigenvalue weighted by molar-refractivity contribution is 5.96. The number of azide groups is 2. The largest absolute Gasteiger partial charge is 0.496 e. The maximum absolute atomic E-state index is 11.8. The van der Waals surface area contributed by atoms with Crippen molar-refractivity contribution in [1.29, 1.82) is 0 Å². The van der Waals surface area contributed by atoms with E-state index in [1.807, 2.05) is 99.6 Å². The normalized spacial score (nSPS) is 10.3. The number of hydrogen-bond acceptors (Lipinski definition) is 27. The third kappa shape index (κ3) is 30.2. The number of aliphatic hydroxyl groups excluding tert-OH is 1. The summed E-state index contributed by atoms with van der Waals surface area (Å²) in [6.07, 6.45) is 18.4. The third-order valence-corrected chi connectivity index (χ3v) is 20.0. The fourth-order valence-corrected chi connectivity index (χ4v) is 13.7. The van der Waals surface area contributed by atoms with Gasteiger partial charge in [0.1, 0.15) is 92.1 Å². The second kappa shape index (κ2) is 55.1. The molecular weight excluding hydrogens is 1780 g/mol. The van der Waals surface area contributed by atoms with E-state index in [1.165, 1.54) is 55.1 Å². The maximum Gasteiger partial charge on any atom is 0.354 e. The number of hydrogen-bond donors (Lipinski definition) is 5. The summed E-state index contributed by atoms with van der Waals surface area (Å²) in [6.45, 7) is 18.3. The maximum atomic E-state index is 11.8. The lowest BCUT2D eigenvalue weighted by molar-refractivity contribution is -0.145. The Balaban J connectivity index is 0.000000177. The number of rotatable bonds is 27. The first kappa shape index (κ1) is 105. The van der Waals surface area contributed by atoms with Gasteiger partial charge in [0.05, 0.1) is 114 Å². The van der Waals surface area contributed by atoms with Crippen molar-refractivity contribution in [3.05, 3.63) is 337 Å². The molecule has 0 aliphatic rings. The zero-order chi connectivity index (χ0) is 100.0. The average Bonchev–Trinajstić information content (AvgIpc) is 1.70. The van der Waals surface area contributed by atoms with E-state index >= 15 is 0 Å².